The van der Waals surface area contributed by atoms with Crippen molar-refractivity contribution in [2.24, 2.45) is 0 Å². The van der Waals surface area contributed by atoms with Gasteiger partial charge < -0.3 is 9.13 Å². The lowest BCUT2D eigenvalue weighted by Crippen LogP contribution is -2.02. The van der Waals surface area contributed by atoms with E-state index in [1.54, 1.807) is 22.7 Å². The Balaban J connectivity index is 1.42. The van der Waals surface area contributed by atoms with E-state index in [0.29, 0.717) is 22.3 Å². The van der Waals surface area contributed by atoms with E-state index >= 15 is 0 Å². The Labute approximate surface area is 361 Å². The first-order valence-corrected chi connectivity index (χ1v) is 23.7. The molecule has 0 atom stereocenters. The molecule has 5 aromatic carbocycles. The molecular formula is C54H52N2O2S2. The molecule has 6 heteroatoms. The molecule has 302 valence electrons. The van der Waals surface area contributed by atoms with Gasteiger partial charge in [-0.15, -0.1) is 22.7 Å². The first-order chi connectivity index (χ1) is 29.6. The van der Waals surface area contributed by atoms with Crippen molar-refractivity contribution < 1.29 is 9.59 Å². The molecule has 0 N–H and O–H groups in total. The van der Waals surface area contributed by atoms with Crippen molar-refractivity contribution in [2.75, 3.05) is 0 Å². The third kappa shape index (κ3) is 7.45. The van der Waals surface area contributed by atoms with Gasteiger partial charge in [-0.05, 0) is 72.1 Å². The number of hydrogen-bond acceptors (Lipinski definition) is 4. The molecule has 0 radical (unpaired) electrons. The minimum atomic E-state index is 0.0343. The van der Waals surface area contributed by atoms with E-state index < -0.39 is 0 Å². The van der Waals surface area contributed by atoms with Gasteiger partial charge in [0.2, 0.25) is 0 Å². The Kier molecular flexibility index (Phi) is 11.9. The fourth-order valence-corrected chi connectivity index (χ4v) is 10.9. The second kappa shape index (κ2) is 18.0. The minimum Gasteiger partial charge on any atom is -0.340 e. The topological polar surface area (TPSA) is 44.0 Å². The SMILES string of the molecule is CCCCCCCn1c2ccc(C(=O)c3ccccc3)cc2c2c(-c3cccs3)c3c(c(-c4cccs4)c21)c1cc(C(=O)c2ccccc2)ccc1n3CCCCCCC. The lowest BCUT2D eigenvalue weighted by Gasteiger charge is -2.17. The number of thiophene rings is 2. The third-order valence-electron chi connectivity index (χ3n) is 12.2. The summed E-state index contributed by atoms with van der Waals surface area (Å²) in [7, 11) is 0. The summed E-state index contributed by atoms with van der Waals surface area (Å²) in [5, 5.41) is 9.01. The molecule has 9 aromatic rings. The van der Waals surface area contributed by atoms with Gasteiger partial charge in [0.25, 0.3) is 0 Å². The molecule has 4 nitrogen and oxygen atoms in total. The molecule has 0 saturated heterocycles. The molecule has 4 heterocycles. The van der Waals surface area contributed by atoms with Crippen molar-refractivity contribution in [3.05, 3.63) is 154 Å². The predicted octanol–water partition coefficient (Wildman–Crippen LogP) is 15.8. The van der Waals surface area contributed by atoms with Crippen LogP contribution in [0.15, 0.2) is 132 Å². The predicted molar refractivity (Wildman–Crippen MR) is 256 cm³/mol. The molecule has 0 aliphatic rings. The molecule has 9 rings (SSSR count). The fourth-order valence-electron chi connectivity index (χ4n) is 9.30. The van der Waals surface area contributed by atoms with Crippen LogP contribution in [-0.4, -0.2) is 20.7 Å². The van der Waals surface area contributed by atoms with Gasteiger partial charge in [0, 0.05) is 88.8 Å². The van der Waals surface area contributed by atoms with Gasteiger partial charge in [-0.1, -0.05) is 138 Å². The highest BCUT2D eigenvalue weighted by molar-refractivity contribution is 7.14. The van der Waals surface area contributed by atoms with Crippen molar-refractivity contribution in [1.29, 1.82) is 0 Å². The smallest absolute Gasteiger partial charge is 0.193 e. The minimum absolute atomic E-state index is 0.0343. The average molecular weight is 825 g/mol. The number of fused-ring (bicyclic) bond motifs is 6. The third-order valence-corrected chi connectivity index (χ3v) is 14.0. The summed E-state index contributed by atoms with van der Waals surface area (Å²) in [5.41, 5.74) is 9.96. The van der Waals surface area contributed by atoms with Crippen molar-refractivity contribution in [1.82, 2.24) is 9.13 Å². The summed E-state index contributed by atoms with van der Waals surface area (Å²) < 4.78 is 5.15. The van der Waals surface area contributed by atoms with E-state index in [1.807, 2.05) is 72.8 Å². The first kappa shape index (κ1) is 39.9. The Hall–Kier alpha value is -5.56. The Morgan fingerprint density at radius 2 is 0.867 bits per heavy atom. The lowest BCUT2D eigenvalue weighted by atomic mass is 9.93. The van der Waals surface area contributed by atoms with E-state index in [4.69, 9.17) is 0 Å². The monoisotopic (exact) mass is 824 g/mol. The molecule has 4 aromatic heterocycles. The number of benzene rings is 5. The maximum absolute atomic E-state index is 14.2. The Bertz CT molecular complexity index is 2720. The zero-order chi connectivity index (χ0) is 41.0. The number of unbranched alkanes of at least 4 members (excludes halogenated alkanes) is 8. The lowest BCUT2D eigenvalue weighted by molar-refractivity contribution is 0.103. The van der Waals surface area contributed by atoms with Crippen molar-refractivity contribution in [3.8, 4) is 20.9 Å². The van der Waals surface area contributed by atoms with Gasteiger partial charge in [0.1, 0.15) is 0 Å². The van der Waals surface area contributed by atoms with E-state index in [1.165, 1.54) is 81.2 Å². The van der Waals surface area contributed by atoms with E-state index in [2.05, 4.69) is 82.3 Å². The van der Waals surface area contributed by atoms with Gasteiger partial charge in [0.15, 0.2) is 11.6 Å². The zero-order valence-corrected chi connectivity index (χ0v) is 36.3. The second-order valence-corrected chi connectivity index (χ2v) is 18.0. The summed E-state index contributed by atoms with van der Waals surface area (Å²) >= 11 is 3.56. The van der Waals surface area contributed by atoms with Crippen LogP contribution in [0, 0.1) is 0 Å². The number of carbonyl (C=O) groups is 2. The summed E-state index contributed by atoms with van der Waals surface area (Å²) in [5.74, 6) is 0.0685. The molecule has 0 amide bonds. The van der Waals surface area contributed by atoms with Crippen LogP contribution in [0.3, 0.4) is 0 Å². The standard InChI is InChI=1S/C54H52N2O2S2/c1-3-5-7-9-17-31-55-43-29-27-39(53(57)37-21-13-11-14-22-37)35-41(43)47-50(46-26-20-34-60-46)52-48(49(51(47)55)45-25-19-33-59-45)42-36-40(54(58)38-23-15-12-16-24-38)28-30-44(42)56(52)32-18-10-8-6-4-2/h11-16,19-30,33-36H,3-10,17-18,31-32H2,1-2H3. The molecule has 0 spiro atoms. The van der Waals surface area contributed by atoms with Crippen LogP contribution in [0.1, 0.15) is 110 Å². The highest BCUT2D eigenvalue weighted by Gasteiger charge is 2.29. The molecule has 60 heavy (non-hydrogen) atoms. The number of aryl methyl sites for hydroxylation is 2. The van der Waals surface area contributed by atoms with Crippen molar-refractivity contribution in [3.63, 3.8) is 0 Å². The molecule has 0 aliphatic carbocycles. The Morgan fingerprint density at radius 3 is 1.25 bits per heavy atom. The molecule has 0 fully saturated rings. The summed E-state index contributed by atoms with van der Waals surface area (Å²) in [6, 6.07) is 41.0. The fraction of sp³-hybridized carbons (Fsp3) is 0.259. The maximum atomic E-state index is 14.2. The molecular weight excluding hydrogens is 773 g/mol. The van der Waals surface area contributed by atoms with Crippen LogP contribution in [0.2, 0.25) is 0 Å². The van der Waals surface area contributed by atoms with E-state index in [-0.39, 0.29) is 11.6 Å². The van der Waals surface area contributed by atoms with Gasteiger partial charge in [-0.25, -0.2) is 0 Å². The zero-order valence-electron chi connectivity index (χ0n) is 34.7. The summed E-state index contributed by atoms with van der Waals surface area (Å²) in [4.78, 5) is 30.8. The Morgan fingerprint density at radius 1 is 0.450 bits per heavy atom. The normalized spacial score (nSPS) is 11.8. The quantitative estimate of drug-likeness (QED) is 0.0639. The molecule has 0 saturated carbocycles. The molecule has 0 aliphatic heterocycles. The number of ketones is 2. The first-order valence-electron chi connectivity index (χ1n) is 21.9. The molecule has 0 bridgehead atoms. The highest BCUT2D eigenvalue weighted by Crippen LogP contribution is 2.52. The van der Waals surface area contributed by atoms with Gasteiger partial charge >= 0.3 is 0 Å². The number of aromatic nitrogens is 2. The van der Waals surface area contributed by atoms with Crippen LogP contribution in [-0.2, 0) is 13.1 Å². The maximum Gasteiger partial charge on any atom is 0.193 e. The van der Waals surface area contributed by atoms with Gasteiger partial charge in [-0.2, -0.15) is 0 Å². The van der Waals surface area contributed by atoms with E-state index in [9.17, 15) is 9.59 Å². The van der Waals surface area contributed by atoms with E-state index in [0.717, 1.165) is 60.6 Å². The second-order valence-electron chi connectivity index (χ2n) is 16.1. The van der Waals surface area contributed by atoms with Crippen molar-refractivity contribution in [2.45, 2.75) is 91.1 Å². The van der Waals surface area contributed by atoms with Crippen LogP contribution in [0.25, 0.3) is 64.5 Å². The van der Waals surface area contributed by atoms with Crippen molar-refractivity contribution >= 4 is 77.9 Å². The van der Waals surface area contributed by atoms with Crippen LogP contribution < -0.4 is 0 Å². The number of carbonyl (C=O) groups excluding carboxylic acids is 2. The number of nitrogens with zero attached hydrogens (tertiary/aromatic N) is 2. The van der Waals surface area contributed by atoms with Crippen LogP contribution in [0.5, 0.6) is 0 Å². The van der Waals surface area contributed by atoms with Gasteiger partial charge in [0.05, 0.1) is 11.0 Å². The largest absolute Gasteiger partial charge is 0.340 e. The van der Waals surface area contributed by atoms with Gasteiger partial charge in [-0.3, -0.25) is 9.59 Å². The van der Waals surface area contributed by atoms with Crippen LogP contribution in [0.4, 0.5) is 0 Å². The summed E-state index contributed by atoms with van der Waals surface area (Å²) in [6.45, 7) is 6.29. The highest BCUT2D eigenvalue weighted by atomic mass is 32.1. The number of rotatable bonds is 18. The average Bonchev–Trinajstić information content (AvgIpc) is 4.13. The van der Waals surface area contributed by atoms with Crippen LogP contribution >= 0.6 is 22.7 Å². The molecule has 0 unspecified atom stereocenters. The summed E-state index contributed by atoms with van der Waals surface area (Å²) in [6.07, 6.45) is 11.8. The number of hydrogen-bond donors (Lipinski definition) is 0.